The summed E-state index contributed by atoms with van der Waals surface area (Å²) in [4.78, 5) is 20.7. The number of halogens is 4. The van der Waals surface area contributed by atoms with E-state index in [0.29, 0.717) is 13.0 Å². The summed E-state index contributed by atoms with van der Waals surface area (Å²) in [7, 11) is -1.48. The molecule has 1 unspecified atom stereocenters. The first-order chi connectivity index (χ1) is 15.9. The molecule has 4 rings (SSSR count). The largest absolute Gasteiger partial charge is 0.573 e. The summed E-state index contributed by atoms with van der Waals surface area (Å²) < 4.78 is 72.9. The molecule has 0 aliphatic carbocycles. The Kier molecular flexibility index (Phi) is 6.10. The first kappa shape index (κ1) is 24.1. The number of amides is 1. The molecule has 34 heavy (non-hydrogen) atoms. The van der Waals surface area contributed by atoms with Crippen LogP contribution in [0.15, 0.2) is 41.5 Å². The summed E-state index contributed by atoms with van der Waals surface area (Å²) in [6.07, 6.45) is -3.66. The molecule has 1 amide bonds. The first-order valence-electron chi connectivity index (χ1n) is 10.1. The molecule has 0 bridgehead atoms. The van der Waals surface area contributed by atoms with Crippen molar-refractivity contribution < 1.29 is 36.0 Å². The minimum atomic E-state index is -4.88. The molecule has 13 heteroatoms. The number of rotatable bonds is 4. The Morgan fingerprint density at radius 3 is 2.65 bits per heavy atom. The molecule has 0 radical (unpaired) electrons. The van der Waals surface area contributed by atoms with E-state index in [9.17, 15) is 26.6 Å². The smallest absolute Gasteiger partial charge is 0.404 e. The second-order valence-corrected chi connectivity index (χ2v) is 9.89. The van der Waals surface area contributed by atoms with Crippen LogP contribution < -0.4 is 15.8 Å². The van der Waals surface area contributed by atoms with Crippen LogP contribution in [0.5, 0.6) is 5.75 Å². The van der Waals surface area contributed by atoms with Gasteiger partial charge in [0.15, 0.2) is 0 Å². The number of aliphatic imine (C=N–C) groups is 1. The fourth-order valence-corrected chi connectivity index (χ4v) is 5.71. The van der Waals surface area contributed by atoms with Crippen LogP contribution in [0, 0.1) is 5.82 Å². The molecular formula is C21H20F4N4O4S. The highest BCUT2D eigenvalue weighted by Crippen LogP contribution is 2.40. The Hall–Kier alpha value is -3.06. The van der Waals surface area contributed by atoms with Gasteiger partial charge in [0.25, 0.3) is 5.91 Å². The van der Waals surface area contributed by atoms with E-state index in [1.54, 1.807) is 6.92 Å². The highest BCUT2D eigenvalue weighted by molar-refractivity contribution is 7.87. The van der Waals surface area contributed by atoms with Crippen molar-refractivity contribution in [2.75, 3.05) is 24.3 Å². The van der Waals surface area contributed by atoms with E-state index in [-0.39, 0.29) is 35.1 Å². The summed E-state index contributed by atoms with van der Waals surface area (Å²) >= 11 is 0. The SMILES string of the molecule is C[C@@]1(c2cc(NC(=O)c3ccc(OC(F)(F)F)cn3)ccc2F)CS(=O)[C@]2(CCOC2)C(N)=N1. The van der Waals surface area contributed by atoms with Gasteiger partial charge in [-0.1, -0.05) is 0 Å². The third-order valence-electron chi connectivity index (χ3n) is 5.67. The van der Waals surface area contributed by atoms with Gasteiger partial charge in [0.2, 0.25) is 0 Å². The third-order valence-corrected chi connectivity index (χ3v) is 7.90. The number of pyridine rings is 1. The Balaban J connectivity index is 1.56. The topological polar surface area (TPSA) is 116 Å². The summed E-state index contributed by atoms with van der Waals surface area (Å²) in [5.41, 5.74) is 5.00. The molecule has 1 aromatic carbocycles. The summed E-state index contributed by atoms with van der Waals surface area (Å²) in [5.74, 6) is -1.80. The zero-order valence-electron chi connectivity index (χ0n) is 17.8. The first-order valence-corrected chi connectivity index (χ1v) is 11.4. The molecular weight excluding hydrogens is 480 g/mol. The van der Waals surface area contributed by atoms with E-state index in [4.69, 9.17) is 10.5 Å². The molecule has 3 heterocycles. The highest BCUT2D eigenvalue weighted by atomic mass is 32.2. The standard InChI is InChI=1S/C21H20F4N4O4S/c1-19(11-34(31)20(18(26)29-19)6-7-32-10-20)14-8-12(2-4-15(14)22)28-17(30)16-5-3-13(9-27-16)33-21(23,24)25/h2-5,8-9H,6-7,10-11H2,1H3,(H2,26,29)(H,28,30)/t19-,20-,34?/m0/s1. The van der Waals surface area contributed by atoms with Crippen molar-refractivity contribution in [3.05, 3.63) is 53.6 Å². The zero-order chi connectivity index (χ0) is 24.7. The number of nitrogens with two attached hydrogens (primary N) is 1. The van der Waals surface area contributed by atoms with E-state index in [1.165, 1.54) is 12.1 Å². The fraction of sp³-hybridized carbons (Fsp3) is 0.381. The Bertz CT molecular complexity index is 1170. The second-order valence-electron chi connectivity index (χ2n) is 8.13. The van der Waals surface area contributed by atoms with Crippen molar-refractivity contribution in [3.63, 3.8) is 0 Å². The number of benzene rings is 1. The van der Waals surface area contributed by atoms with Gasteiger partial charge in [-0.25, -0.2) is 9.37 Å². The summed E-state index contributed by atoms with van der Waals surface area (Å²) in [6.45, 7) is 2.20. The number of nitrogens with one attached hydrogen (secondary N) is 1. The summed E-state index contributed by atoms with van der Waals surface area (Å²) in [6, 6.07) is 5.79. The Labute approximate surface area is 194 Å². The van der Waals surface area contributed by atoms with Gasteiger partial charge >= 0.3 is 6.36 Å². The van der Waals surface area contributed by atoms with Gasteiger partial charge in [-0.05, 0) is 43.7 Å². The molecule has 1 saturated heterocycles. The van der Waals surface area contributed by atoms with E-state index < -0.39 is 44.9 Å². The van der Waals surface area contributed by atoms with E-state index in [0.717, 1.165) is 24.4 Å². The Morgan fingerprint density at radius 1 is 1.29 bits per heavy atom. The monoisotopic (exact) mass is 500 g/mol. The van der Waals surface area contributed by atoms with Crippen molar-refractivity contribution in [3.8, 4) is 5.75 Å². The molecule has 1 fully saturated rings. The predicted octanol–water partition coefficient (Wildman–Crippen LogP) is 2.87. The minimum absolute atomic E-state index is 0.00754. The molecule has 8 nitrogen and oxygen atoms in total. The maximum atomic E-state index is 14.8. The van der Waals surface area contributed by atoms with E-state index in [1.807, 2.05) is 0 Å². The number of anilines is 1. The molecule has 182 valence electrons. The van der Waals surface area contributed by atoms with Gasteiger partial charge < -0.3 is 20.5 Å². The number of nitrogens with zero attached hydrogens (tertiary/aromatic N) is 2. The van der Waals surface area contributed by atoms with Gasteiger partial charge in [-0.2, -0.15) is 0 Å². The average Bonchev–Trinajstić information content (AvgIpc) is 3.24. The number of aromatic nitrogens is 1. The van der Waals surface area contributed by atoms with Crippen molar-refractivity contribution >= 4 is 28.2 Å². The van der Waals surface area contributed by atoms with Crippen molar-refractivity contribution in [1.29, 1.82) is 0 Å². The quantitative estimate of drug-likeness (QED) is 0.624. The lowest BCUT2D eigenvalue weighted by atomic mass is 9.92. The predicted molar refractivity (Wildman–Crippen MR) is 115 cm³/mol. The molecule has 1 aromatic heterocycles. The van der Waals surface area contributed by atoms with Crippen LogP contribution in [0.2, 0.25) is 0 Å². The number of hydrogen-bond acceptors (Lipinski definition) is 7. The van der Waals surface area contributed by atoms with Crippen molar-refractivity contribution in [2.45, 2.75) is 30.0 Å². The van der Waals surface area contributed by atoms with Gasteiger partial charge in [-0.3, -0.25) is 14.0 Å². The van der Waals surface area contributed by atoms with Crippen LogP contribution in [0.25, 0.3) is 0 Å². The number of ether oxygens (including phenoxy) is 2. The lowest BCUT2D eigenvalue weighted by molar-refractivity contribution is -0.274. The third kappa shape index (κ3) is 4.62. The molecule has 2 aromatic rings. The molecule has 0 saturated carbocycles. The van der Waals surface area contributed by atoms with Crippen LogP contribution in [0.1, 0.15) is 29.4 Å². The zero-order valence-corrected chi connectivity index (χ0v) is 18.6. The van der Waals surface area contributed by atoms with Crippen LogP contribution >= 0.6 is 0 Å². The normalized spacial score (nSPS) is 26.9. The second kappa shape index (κ2) is 8.62. The molecule has 2 aliphatic heterocycles. The van der Waals surface area contributed by atoms with Gasteiger partial charge in [0.1, 0.15) is 27.8 Å². The molecule has 3 N–H and O–H groups in total. The Morgan fingerprint density at radius 2 is 2.06 bits per heavy atom. The number of amidine groups is 1. The minimum Gasteiger partial charge on any atom is -0.404 e. The number of alkyl halides is 3. The van der Waals surface area contributed by atoms with Crippen LogP contribution in [0.3, 0.4) is 0 Å². The van der Waals surface area contributed by atoms with Crippen molar-refractivity contribution in [2.24, 2.45) is 10.7 Å². The molecule has 1 spiro atoms. The lowest BCUT2D eigenvalue weighted by Crippen LogP contribution is -2.56. The van der Waals surface area contributed by atoms with Crippen LogP contribution in [0.4, 0.5) is 23.2 Å². The summed E-state index contributed by atoms with van der Waals surface area (Å²) in [5, 5.41) is 2.51. The number of hydrogen-bond donors (Lipinski definition) is 2. The maximum Gasteiger partial charge on any atom is 0.573 e. The average molecular weight is 500 g/mol. The highest BCUT2D eigenvalue weighted by Gasteiger charge is 2.51. The van der Waals surface area contributed by atoms with Gasteiger partial charge in [0, 0.05) is 28.7 Å². The van der Waals surface area contributed by atoms with E-state index >= 15 is 0 Å². The van der Waals surface area contributed by atoms with Crippen LogP contribution in [-0.4, -0.2) is 51.0 Å². The van der Waals surface area contributed by atoms with Gasteiger partial charge in [-0.15, -0.1) is 13.2 Å². The van der Waals surface area contributed by atoms with E-state index in [2.05, 4.69) is 20.0 Å². The van der Waals surface area contributed by atoms with Gasteiger partial charge in [0.05, 0.1) is 24.1 Å². The maximum absolute atomic E-state index is 14.8. The number of carbonyl (C=O) groups is 1. The molecule has 2 aliphatic rings. The van der Waals surface area contributed by atoms with Crippen molar-refractivity contribution in [1.82, 2.24) is 4.98 Å². The lowest BCUT2D eigenvalue weighted by Gasteiger charge is -2.38. The fourth-order valence-electron chi connectivity index (χ4n) is 3.90. The molecule has 3 atom stereocenters. The number of carbonyl (C=O) groups excluding carboxylic acids is 1. The van der Waals surface area contributed by atoms with Crippen LogP contribution in [-0.2, 0) is 21.1 Å².